The highest BCUT2D eigenvalue weighted by Gasteiger charge is 2.28. The lowest BCUT2D eigenvalue weighted by atomic mass is 10.2. The molecule has 3 atom stereocenters. The van der Waals surface area contributed by atoms with Crippen LogP contribution in [0.5, 0.6) is 0 Å². The smallest absolute Gasteiger partial charge is 0.318 e. The molecule has 1 N–H and O–H groups in total. The van der Waals surface area contributed by atoms with Crippen LogP contribution in [0.2, 0.25) is 0 Å². The van der Waals surface area contributed by atoms with Crippen LogP contribution in [0.25, 0.3) is 0 Å². The Morgan fingerprint density at radius 3 is 2.94 bits per heavy atom. The molecule has 0 bridgehead atoms. The van der Waals surface area contributed by atoms with Crippen molar-refractivity contribution in [2.24, 2.45) is 0 Å². The molecule has 1 saturated heterocycles. The number of nitrogens with one attached hydrogen (secondary N) is 1. The third-order valence-corrected chi connectivity index (χ3v) is 3.16. The number of anilines is 1. The molecule has 18 heavy (non-hydrogen) atoms. The molecule has 2 rings (SSSR count). The van der Waals surface area contributed by atoms with Crippen molar-refractivity contribution >= 4 is 6.01 Å². The lowest BCUT2D eigenvalue weighted by Gasteiger charge is -2.35. The molecule has 1 aromatic rings. The van der Waals surface area contributed by atoms with Gasteiger partial charge in [-0.1, -0.05) is 12.0 Å². The third-order valence-electron chi connectivity index (χ3n) is 3.16. The molecule has 2 heterocycles. The number of hydrogen-bond acceptors (Lipinski definition) is 6. The van der Waals surface area contributed by atoms with Gasteiger partial charge in [-0.25, -0.2) is 0 Å². The fourth-order valence-corrected chi connectivity index (χ4v) is 2.08. The van der Waals surface area contributed by atoms with Crippen molar-refractivity contribution in [1.82, 2.24) is 15.5 Å². The van der Waals surface area contributed by atoms with E-state index in [0.29, 0.717) is 18.5 Å². The van der Waals surface area contributed by atoms with Crippen LogP contribution in [0.15, 0.2) is 4.42 Å². The quantitative estimate of drug-likeness (QED) is 0.875. The van der Waals surface area contributed by atoms with Crippen molar-refractivity contribution < 1.29 is 9.15 Å². The largest absolute Gasteiger partial charge is 0.406 e. The van der Waals surface area contributed by atoms with Gasteiger partial charge in [0.15, 0.2) is 0 Å². The second-order valence-electron chi connectivity index (χ2n) is 4.85. The summed E-state index contributed by atoms with van der Waals surface area (Å²) in [5, 5.41) is 11.5. The Labute approximate surface area is 108 Å². The molecular weight excluding hydrogens is 232 g/mol. The highest BCUT2D eigenvalue weighted by Crippen LogP contribution is 2.22. The average Bonchev–Trinajstić information content (AvgIpc) is 2.82. The van der Waals surface area contributed by atoms with Gasteiger partial charge in [0.1, 0.15) is 0 Å². The van der Waals surface area contributed by atoms with Gasteiger partial charge in [0.2, 0.25) is 5.89 Å². The van der Waals surface area contributed by atoms with E-state index in [2.05, 4.69) is 41.2 Å². The minimum absolute atomic E-state index is 0.0880. The number of ether oxygens (including phenoxy) is 1. The molecule has 0 amide bonds. The van der Waals surface area contributed by atoms with Gasteiger partial charge in [-0.2, -0.15) is 0 Å². The summed E-state index contributed by atoms with van der Waals surface area (Å²) < 4.78 is 11.3. The molecule has 3 unspecified atom stereocenters. The van der Waals surface area contributed by atoms with Crippen molar-refractivity contribution in [1.29, 1.82) is 0 Å². The van der Waals surface area contributed by atoms with Gasteiger partial charge < -0.3 is 19.4 Å². The van der Waals surface area contributed by atoms with Crippen molar-refractivity contribution in [2.75, 3.05) is 24.6 Å². The molecule has 0 aliphatic carbocycles. The van der Waals surface area contributed by atoms with Crippen LogP contribution in [0.4, 0.5) is 6.01 Å². The molecule has 0 radical (unpaired) electrons. The fraction of sp³-hybridized carbons (Fsp3) is 0.833. The molecule has 1 aliphatic rings. The molecule has 1 aromatic heterocycles. The maximum Gasteiger partial charge on any atom is 0.318 e. The fourth-order valence-electron chi connectivity index (χ4n) is 2.08. The summed E-state index contributed by atoms with van der Waals surface area (Å²) in [6, 6.07) is 0.950. The molecule has 0 saturated carbocycles. The molecule has 102 valence electrons. The summed E-state index contributed by atoms with van der Waals surface area (Å²) in [7, 11) is 0. The van der Waals surface area contributed by atoms with Crippen molar-refractivity contribution in [3.05, 3.63) is 5.89 Å². The first-order valence-corrected chi connectivity index (χ1v) is 6.56. The van der Waals surface area contributed by atoms with Crippen molar-refractivity contribution in [2.45, 2.75) is 45.9 Å². The van der Waals surface area contributed by atoms with E-state index in [4.69, 9.17) is 9.15 Å². The lowest BCUT2D eigenvalue weighted by Crippen LogP contribution is -2.47. The van der Waals surface area contributed by atoms with E-state index >= 15 is 0 Å². The summed E-state index contributed by atoms with van der Waals surface area (Å²) in [4.78, 5) is 2.11. The zero-order chi connectivity index (χ0) is 13.1. The van der Waals surface area contributed by atoms with E-state index in [9.17, 15) is 0 Å². The van der Waals surface area contributed by atoms with Crippen LogP contribution in [0, 0.1) is 0 Å². The Morgan fingerprint density at radius 2 is 2.22 bits per heavy atom. The Balaban J connectivity index is 2.08. The van der Waals surface area contributed by atoms with Crippen LogP contribution in [0.3, 0.4) is 0 Å². The number of aromatic nitrogens is 2. The lowest BCUT2D eigenvalue weighted by molar-refractivity contribution is 0.0321. The Morgan fingerprint density at radius 1 is 1.44 bits per heavy atom. The first-order chi connectivity index (χ1) is 8.61. The SMILES string of the molecule is CCNC(C)c1nnc(N2CC(C)OCC2C)o1. The molecule has 1 fully saturated rings. The van der Waals surface area contributed by atoms with Gasteiger partial charge in [-0.3, -0.25) is 0 Å². The monoisotopic (exact) mass is 254 g/mol. The summed E-state index contributed by atoms with van der Waals surface area (Å²) in [6.07, 6.45) is 0.197. The van der Waals surface area contributed by atoms with E-state index < -0.39 is 0 Å². The Hall–Kier alpha value is -1.14. The van der Waals surface area contributed by atoms with Crippen LogP contribution in [0.1, 0.15) is 39.6 Å². The minimum atomic E-state index is 0.0880. The zero-order valence-corrected chi connectivity index (χ0v) is 11.5. The van der Waals surface area contributed by atoms with E-state index in [1.165, 1.54) is 0 Å². The molecule has 6 nitrogen and oxygen atoms in total. The van der Waals surface area contributed by atoms with Crippen LogP contribution < -0.4 is 10.2 Å². The van der Waals surface area contributed by atoms with Crippen molar-refractivity contribution in [3.8, 4) is 0 Å². The van der Waals surface area contributed by atoms with Crippen LogP contribution in [-0.2, 0) is 4.74 Å². The topological polar surface area (TPSA) is 63.4 Å². The van der Waals surface area contributed by atoms with Gasteiger partial charge in [-0.15, -0.1) is 5.10 Å². The predicted octanol–water partition coefficient (Wildman–Crippen LogP) is 1.35. The number of nitrogens with zero attached hydrogens (tertiary/aromatic N) is 3. The third kappa shape index (κ3) is 2.81. The van der Waals surface area contributed by atoms with Gasteiger partial charge in [-0.05, 0) is 27.3 Å². The maximum absolute atomic E-state index is 5.74. The highest BCUT2D eigenvalue weighted by atomic mass is 16.5. The predicted molar refractivity (Wildman–Crippen MR) is 68.6 cm³/mol. The summed E-state index contributed by atoms with van der Waals surface area (Å²) >= 11 is 0. The number of hydrogen-bond donors (Lipinski definition) is 1. The second kappa shape index (κ2) is 5.67. The van der Waals surface area contributed by atoms with Gasteiger partial charge >= 0.3 is 6.01 Å². The normalized spacial score (nSPS) is 26.3. The highest BCUT2D eigenvalue weighted by molar-refractivity contribution is 5.27. The summed E-state index contributed by atoms with van der Waals surface area (Å²) in [5.74, 6) is 0.637. The van der Waals surface area contributed by atoms with E-state index in [0.717, 1.165) is 13.1 Å². The zero-order valence-electron chi connectivity index (χ0n) is 11.5. The van der Waals surface area contributed by atoms with E-state index in [-0.39, 0.29) is 18.2 Å². The van der Waals surface area contributed by atoms with Crippen LogP contribution in [-0.4, -0.2) is 42.0 Å². The molecule has 0 spiro atoms. The molecule has 6 heteroatoms. The number of morpholine rings is 1. The molecular formula is C12H22N4O2. The molecule has 1 aliphatic heterocycles. The van der Waals surface area contributed by atoms with Crippen LogP contribution >= 0.6 is 0 Å². The maximum atomic E-state index is 5.74. The second-order valence-corrected chi connectivity index (χ2v) is 4.85. The minimum Gasteiger partial charge on any atom is -0.406 e. The van der Waals surface area contributed by atoms with E-state index in [1.807, 2.05) is 6.92 Å². The van der Waals surface area contributed by atoms with E-state index in [1.54, 1.807) is 0 Å². The Kier molecular flexibility index (Phi) is 4.19. The summed E-state index contributed by atoms with van der Waals surface area (Å²) in [5.41, 5.74) is 0. The summed E-state index contributed by atoms with van der Waals surface area (Å²) in [6.45, 7) is 10.6. The average molecular weight is 254 g/mol. The van der Waals surface area contributed by atoms with Gasteiger partial charge in [0, 0.05) is 6.54 Å². The van der Waals surface area contributed by atoms with Crippen molar-refractivity contribution in [3.63, 3.8) is 0 Å². The Bertz CT molecular complexity index is 382. The molecule has 0 aromatic carbocycles. The standard InChI is InChI=1S/C12H22N4O2/c1-5-13-10(4)11-14-15-12(18-11)16-6-9(3)17-7-8(16)2/h8-10,13H,5-7H2,1-4H3. The first-order valence-electron chi connectivity index (χ1n) is 6.56. The van der Waals surface area contributed by atoms with Gasteiger partial charge in [0.25, 0.3) is 0 Å². The van der Waals surface area contributed by atoms with Gasteiger partial charge in [0.05, 0.1) is 24.8 Å². The first kappa shape index (κ1) is 13.3. The number of rotatable bonds is 4.